The fourth-order valence-electron chi connectivity index (χ4n) is 0.735. The van der Waals surface area contributed by atoms with Gasteiger partial charge in [-0.05, 0) is 0 Å². The lowest BCUT2D eigenvalue weighted by Gasteiger charge is -2.16. The van der Waals surface area contributed by atoms with Crippen LogP contribution in [0.5, 0.6) is 0 Å². The van der Waals surface area contributed by atoms with Gasteiger partial charge in [-0.2, -0.15) is 0 Å². The maximum atomic E-state index is 10.6. The Morgan fingerprint density at radius 2 is 1.80 bits per heavy atom. The van der Waals surface area contributed by atoms with Crippen molar-refractivity contribution in [1.82, 2.24) is 0 Å². The van der Waals surface area contributed by atoms with Crippen molar-refractivity contribution in [2.24, 2.45) is 0 Å². The van der Waals surface area contributed by atoms with E-state index in [0.717, 1.165) is 0 Å². The van der Waals surface area contributed by atoms with Gasteiger partial charge in [0.1, 0.15) is 18.8 Å². The molecule has 4 N–H and O–H groups in total. The highest BCUT2D eigenvalue weighted by Crippen LogP contribution is 1.94. The lowest BCUT2D eigenvalue weighted by atomic mass is 10.4. The van der Waals surface area contributed by atoms with E-state index < -0.39 is 38.0 Å². The molecule has 0 saturated heterocycles. The molecular weight excluding hydrogens is 208 g/mol. The molecule has 2 unspecified atom stereocenters. The molecule has 15 heavy (non-hydrogen) atoms. The molecule has 7 nitrogen and oxygen atoms in total. The van der Waals surface area contributed by atoms with Crippen molar-refractivity contribution in [3.05, 3.63) is 0 Å². The molecule has 0 aromatic carbocycles. The Hall–Kier alpha value is -0.730. The fourth-order valence-corrected chi connectivity index (χ4v) is 0.735. The third kappa shape index (κ3) is 7.23. The first kappa shape index (κ1) is 14.3. The summed E-state index contributed by atoms with van der Waals surface area (Å²) in [6.45, 7) is -1.88. The Balaban J connectivity index is 3.66. The molecule has 0 spiro atoms. The molecule has 0 aromatic heterocycles. The number of rotatable bonds is 8. The number of carbonyl (C=O) groups excluding carboxylic acids is 1. The molecule has 0 radical (unpaired) electrons. The van der Waals surface area contributed by atoms with Crippen LogP contribution >= 0.6 is 0 Å². The molecule has 0 aliphatic heterocycles. The van der Waals surface area contributed by atoms with E-state index in [1.54, 1.807) is 0 Å². The quantitative estimate of drug-likeness (QED) is 0.330. The van der Waals surface area contributed by atoms with Crippen molar-refractivity contribution >= 4 is 5.97 Å². The van der Waals surface area contributed by atoms with Crippen molar-refractivity contribution < 1.29 is 34.7 Å². The Labute approximate surface area is 86.9 Å². The first-order valence-electron chi connectivity index (χ1n) is 4.41. The summed E-state index contributed by atoms with van der Waals surface area (Å²) in [6.07, 6.45) is -1.88. The summed E-state index contributed by atoms with van der Waals surface area (Å²) in [6, 6.07) is 0. The highest BCUT2D eigenvalue weighted by Gasteiger charge is 2.13. The van der Waals surface area contributed by atoms with Crippen LogP contribution in [0.25, 0.3) is 0 Å². The van der Waals surface area contributed by atoms with Gasteiger partial charge in [-0.15, -0.1) is 0 Å². The fraction of sp³-hybridized carbons (Fsp3) is 0.875. The van der Waals surface area contributed by atoms with E-state index in [0.29, 0.717) is 0 Å². The summed E-state index contributed by atoms with van der Waals surface area (Å²) in [5.74, 6) is -0.861. The highest BCUT2D eigenvalue weighted by atomic mass is 16.6. The van der Waals surface area contributed by atoms with Crippen LogP contribution in [-0.4, -0.2) is 71.6 Å². The average molecular weight is 224 g/mol. The predicted molar refractivity (Wildman–Crippen MR) is 48.0 cm³/mol. The van der Waals surface area contributed by atoms with Crippen LogP contribution < -0.4 is 0 Å². The number of hydrogen-bond donors (Lipinski definition) is 4. The summed E-state index contributed by atoms with van der Waals surface area (Å²) >= 11 is 0. The van der Waals surface area contributed by atoms with Crippen molar-refractivity contribution in [2.45, 2.75) is 12.2 Å². The van der Waals surface area contributed by atoms with E-state index in [2.05, 4.69) is 4.74 Å². The SMILES string of the molecule is O=C(CO)OC(CO)COCC(O)CO. The first-order valence-corrected chi connectivity index (χ1v) is 4.41. The van der Waals surface area contributed by atoms with Gasteiger partial charge in [0.05, 0.1) is 26.4 Å². The number of aliphatic hydroxyl groups is 4. The van der Waals surface area contributed by atoms with E-state index in [1.807, 2.05) is 0 Å². The van der Waals surface area contributed by atoms with Crippen molar-refractivity contribution in [3.63, 3.8) is 0 Å². The maximum Gasteiger partial charge on any atom is 0.332 e. The zero-order chi connectivity index (χ0) is 11.7. The lowest BCUT2D eigenvalue weighted by Crippen LogP contribution is -2.30. The summed E-state index contributed by atoms with van der Waals surface area (Å²) in [5, 5.41) is 34.4. The predicted octanol–water partition coefficient (Wildman–Crippen LogP) is -2.75. The van der Waals surface area contributed by atoms with Gasteiger partial charge < -0.3 is 29.9 Å². The van der Waals surface area contributed by atoms with Crippen molar-refractivity contribution in [3.8, 4) is 0 Å². The molecule has 0 heterocycles. The summed E-state index contributed by atoms with van der Waals surface area (Å²) in [7, 11) is 0. The Bertz CT molecular complexity index is 172. The third-order valence-electron chi connectivity index (χ3n) is 1.46. The van der Waals surface area contributed by atoms with Crippen LogP contribution in [-0.2, 0) is 14.3 Å². The Kier molecular flexibility index (Phi) is 8.15. The van der Waals surface area contributed by atoms with Crippen LogP contribution in [0.4, 0.5) is 0 Å². The second kappa shape index (κ2) is 8.57. The largest absolute Gasteiger partial charge is 0.456 e. The molecule has 0 aliphatic carbocycles. The normalized spacial score (nSPS) is 14.7. The zero-order valence-corrected chi connectivity index (χ0v) is 8.20. The standard InChI is InChI=1S/C8H16O7/c9-1-6(12)4-14-5-7(2-10)15-8(13)3-11/h6-7,9-12H,1-5H2. The van der Waals surface area contributed by atoms with Crippen molar-refractivity contribution in [1.29, 1.82) is 0 Å². The number of esters is 1. The minimum Gasteiger partial charge on any atom is -0.456 e. The number of carbonyl (C=O) groups is 1. The third-order valence-corrected chi connectivity index (χ3v) is 1.46. The molecule has 0 amide bonds. The summed E-state index contributed by atoms with van der Waals surface area (Å²) < 4.78 is 9.41. The molecular formula is C8H16O7. The van der Waals surface area contributed by atoms with Gasteiger partial charge in [0.2, 0.25) is 0 Å². The molecule has 2 atom stereocenters. The average Bonchev–Trinajstić information content (AvgIpc) is 2.26. The molecule has 0 rings (SSSR count). The van der Waals surface area contributed by atoms with Gasteiger partial charge in [-0.3, -0.25) is 0 Å². The van der Waals surface area contributed by atoms with Gasteiger partial charge in [0, 0.05) is 0 Å². The van der Waals surface area contributed by atoms with E-state index in [9.17, 15) is 4.79 Å². The molecule has 90 valence electrons. The topological polar surface area (TPSA) is 116 Å². The van der Waals surface area contributed by atoms with Crippen molar-refractivity contribution in [2.75, 3.05) is 33.0 Å². The second-order valence-corrected chi connectivity index (χ2v) is 2.83. The molecule has 0 aliphatic rings. The van der Waals surface area contributed by atoms with Crippen LogP contribution in [0, 0.1) is 0 Å². The van der Waals surface area contributed by atoms with Gasteiger partial charge >= 0.3 is 5.97 Å². The zero-order valence-electron chi connectivity index (χ0n) is 8.20. The van der Waals surface area contributed by atoms with E-state index in [-0.39, 0.29) is 13.2 Å². The lowest BCUT2D eigenvalue weighted by molar-refractivity contribution is -0.158. The minimum atomic E-state index is -1.00. The van der Waals surface area contributed by atoms with Crippen LogP contribution in [0.2, 0.25) is 0 Å². The molecule has 0 bridgehead atoms. The monoisotopic (exact) mass is 224 g/mol. The number of ether oxygens (including phenoxy) is 2. The highest BCUT2D eigenvalue weighted by molar-refractivity contribution is 5.70. The van der Waals surface area contributed by atoms with Gasteiger partial charge in [-0.1, -0.05) is 0 Å². The van der Waals surface area contributed by atoms with Crippen LogP contribution in [0.1, 0.15) is 0 Å². The smallest absolute Gasteiger partial charge is 0.332 e. The van der Waals surface area contributed by atoms with Crippen LogP contribution in [0.3, 0.4) is 0 Å². The molecule has 0 fully saturated rings. The number of hydrogen-bond acceptors (Lipinski definition) is 7. The molecule has 0 saturated carbocycles. The van der Waals surface area contributed by atoms with Crippen LogP contribution in [0.15, 0.2) is 0 Å². The van der Waals surface area contributed by atoms with Gasteiger partial charge in [0.15, 0.2) is 0 Å². The molecule has 0 aromatic rings. The Morgan fingerprint density at radius 1 is 1.13 bits per heavy atom. The van der Waals surface area contributed by atoms with Gasteiger partial charge in [-0.25, -0.2) is 4.79 Å². The minimum absolute atomic E-state index is 0.112. The van der Waals surface area contributed by atoms with Gasteiger partial charge in [0.25, 0.3) is 0 Å². The number of aliphatic hydroxyl groups excluding tert-OH is 4. The Morgan fingerprint density at radius 3 is 2.27 bits per heavy atom. The van der Waals surface area contributed by atoms with E-state index in [4.69, 9.17) is 25.2 Å². The van der Waals surface area contributed by atoms with E-state index >= 15 is 0 Å². The summed E-state index contributed by atoms with van der Waals surface area (Å²) in [4.78, 5) is 10.6. The van der Waals surface area contributed by atoms with E-state index in [1.165, 1.54) is 0 Å². The maximum absolute atomic E-state index is 10.6. The second-order valence-electron chi connectivity index (χ2n) is 2.83. The molecule has 7 heteroatoms. The summed E-state index contributed by atoms with van der Waals surface area (Å²) in [5.41, 5.74) is 0. The first-order chi connectivity index (χ1) is 7.13.